The van der Waals surface area contributed by atoms with E-state index in [9.17, 15) is 4.79 Å². The van der Waals surface area contributed by atoms with E-state index < -0.39 is 0 Å². The number of ether oxygens (including phenoxy) is 1. The van der Waals surface area contributed by atoms with Gasteiger partial charge in [-0.15, -0.1) is 0 Å². The Hall–Kier alpha value is -1.71. The number of rotatable bonds is 5. The van der Waals surface area contributed by atoms with Gasteiger partial charge in [-0.3, -0.25) is 4.79 Å². The summed E-state index contributed by atoms with van der Waals surface area (Å²) in [5.41, 5.74) is 7.40. The maximum atomic E-state index is 11.5. The maximum absolute atomic E-state index is 11.5. The van der Waals surface area contributed by atoms with E-state index in [1.54, 1.807) is 6.07 Å². The van der Waals surface area contributed by atoms with Crippen molar-refractivity contribution in [3.63, 3.8) is 0 Å². The molecule has 0 aromatic heterocycles. The van der Waals surface area contributed by atoms with Gasteiger partial charge in [0.2, 0.25) is 0 Å². The van der Waals surface area contributed by atoms with Gasteiger partial charge in [-0.25, -0.2) is 0 Å². The molecule has 1 amide bonds. The summed E-state index contributed by atoms with van der Waals surface area (Å²) in [6, 6.07) is 5.55. The van der Waals surface area contributed by atoms with Crippen LogP contribution in [0.4, 0.5) is 5.69 Å². The lowest BCUT2D eigenvalue weighted by Gasteiger charge is -2.10. The molecule has 0 heterocycles. The van der Waals surface area contributed by atoms with Gasteiger partial charge in [0.05, 0.1) is 5.69 Å². The fourth-order valence-corrected chi connectivity index (χ4v) is 1.55. The summed E-state index contributed by atoms with van der Waals surface area (Å²) < 4.78 is 5.40. The molecule has 0 atom stereocenters. The van der Waals surface area contributed by atoms with E-state index in [1.807, 2.05) is 19.1 Å². The Morgan fingerprint density at radius 3 is 3.00 bits per heavy atom. The number of hydrogen-bond donors (Lipinski definition) is 2. The van der Waals surface area contributed by atoms with Crippen molar-refractivity contribution < 1.29 is 9.53 Å². The molecule has 1 aliphatic rings. The summed E-state index contributed by atoms with van der Waals surface area (Å²) in [6.45, 7) is 2.71. The maximum Gasteiger partial charge on any atom is 0.257 e. The van der Waals surface area contributed by atoms with E-state index >= 15 is 0 Å². The highest BCUT2D eigenvalue weighted by atomic mass is 16.5. The highest BCUT2D eigenvalue weighted by Crippen LogP contribution is 2.27. The van der Waals surface area contributed by atoms with Gasteiger partial charge in [0.25, 0.3) is 5.91 Å². The lowest BCUT2D eigenvalue weighted by molar-refractivity contribution is -0.123. The van der Waals surface area contributed by atoms with Crippen molar-refractivity contribution >= 4 is 11.6 Å². The molecule has 0 spiro atoms. The van der Waals surface area contributed by atoms with Crippen LogP contribution in [0.5, 0.6) is 5.75 Å². The van der Waals surface area contributed by atoms with E-state index in [1.165, 1.54) is 12.8 Å². The van der Waals surface area contributed by atoms with Gasteiger partial charge in [-0.05, 0) is 37.3 Å². The predicted molar refractivity (Wildman–Crippen MR) is 66.8 cm³/mol. The van der Waals surface area contributed by atoms with Gasteiger partial charge in [0, 0.05) is 6.54 Å². The number of nitrogens with one attached hydrogen (secondary N) is 1. The zero-order valence-electron chi connectivity index (χ0n) is 10.0. The van der Waals surface area contributed by atoms with Crippen molar-refractivity contribution in [3.05, 3.63) is 23.8 Å². The molecule has 0 bridgehead atoms. The highest BCUT2D eigenvalue weighted by Gasteiger charge is 2.21. The third kappa shape index (κ3) is 3.37. The molecule has 92 valence electrons. The second kappa shape index (κ2) is 5.08. The molecule has 17 heavy (non-hydrogen) atoms. The first-order chi connectivity index (χ1) is 8.16. The number of benzene rings is 1. The third-order valence-electron chi connectivity index (χ3n) is 2.93. The topological polar surface area (TPSA) is 64.3 Å². The lowest BCUT2D eigenvalue weighted by Crippen LogP contribution is -2.30. The van der Waals surface area contributed by atoms with Crippen LogP contribution in [0.1, 0.15) is 18.4 Å². The third-order valence-corrected chi connectivity index (χ3v) is 2.93. The van der Waals surface area contributed by atoms with Gasteiger partial charge < -0.3 is 15.8 Å². The standard InChI is InChI=1S/C13H18N2O2/c1-9-3-2-4-11(13(9)14)17-8-12(16)15-7-10-5-6-10/h2-4,10H,5-8,14H2,1H3,(H,15,16). The molecule has 1 saturated carbocycles. The minimum atomic E-state index is -0.0854. The van der Waals surface area contributed by atoms with E-state index in [-0.39, 0.29) is 12.5 Å². The van der Waals surface area contributed by atoms with E-state index in [0.29, 0.717) is 17.4 Å². The summed E-state index contributed by atoms with van der Waals surface area (Å²) >= 11 is 0. The molecule has 4 nitrogen and oxygen atoms in total. The first-order valence-corrected chi connectivity index (χ1v) is 5.91. The number of aryl methyl sites for hydroxylation is 1. The van der Waals surface area contributed by atoms with Crippen molar-refractivity contribution in [2.75, 3.05) is 18.9 Å². The van der Waals surface area contributed by atoms with Crippen molar-refractivity contribution in [3.8, 4) is 5.75 Å². The number of carbonyl (C=O) groups excluding carboxylic acids is 1. The molecule has 4 heteroatoms. The zero-order valence-corrected chi connectivity index (χ0v) is 10.0. The Morgan fingerprint density at radius 2 is 2.29 bits per heavy atom. The minimum absolute atomic E-state index is 0.0281. The van der Waals surface area contributed by atoms with E-state index in [4.69, 9.17) is 10.5 Å². The van der Waals surface area contributed by atoms with Crippen LogP contribution >= 0.6 is 0 Å². The van der Waals surface area contributed by atoms with Crippen LogP contribution in [0.2, 0.25) is 0 Å². The first-order valence-electron chi connectivity index (χ1n) is 5.91. The second-order valence-electron chi connectivity index (χ2n) is 4.52. The molecule has 0 aliphatic heterocycles. The highest BCUT2D eigenvalue weighted by molar-refractivity contribution is 5.77. The summed E-state index contributed by atoms with van der Waals surface area (Å²) in [6.07, 6.45) is 2.46. The predicted octanol–water partition coefficient (Wildman–Crippen LogP) is 1.48. The van der Waals surface area contributed by atoms with Crippen LogP contribution in [0.25, 0.3) is 0 Å². The Kier molecular flexibility index (Phi) is 3.52. The molecule has 2 rings (SSSR count). The molecule has 3 N–H and O–H groups in total. The quantitative estimate of drug-likeness (QED) is 0.758. The summed E-state index contributed by atoms with van der Waals surface area (Å²) in [7, 11) is 0. The van der Waals surface area contributed by atoms with Crippen molar-refractivity contribution in [2.45, 2.75) is 19.8 Å². The van der Waals surface area contributed by atoms with Crippen molar-refractivity contribution in [1.82, 2.24) is 5.32 Å². The van der Waals surface area contributed by atoms with Crippen LogP contribution in [0.15, 0.2) is 18.2 Å². The SMILES string of the molecule is Cc1cccc(OCC(=O)NCC2CC2)c1N. The van der Waals surface area contributed by atoms with Gasteiger partial charge in [-0.2, -0.15) is 0 Å². The normalized spacial score (nSPS) is 14.4. The molecule has 1 aromatic rings. The minimum Gasteiger partial charge on any atom is -0.482 e. The number of amides is 1. The molecule has 0 radical (unpaired) electrons. The Bertz CT molecular complexity index is 414. The van der Waals surface area contributed by atoms with Crippen LogP contribution in [0, 0.1) is 12.8 Å². The van der Waals surface area contributed by atoms with Gasteiger partial charge in [-0.1, -0.05) is 12.1 Å². The zero-order chi connectivity index (χ0) is 12.3. The second-order valence-corrected chi connectivity index (χ2v) is 4.52. The molecule has 1 fully saturated rings. The number of anilines is 1. The Labute approximate surface area is 101 Å². The number of carbonyl (C=O) groups is 1. The Morgan fingerprint density at radius 1 is 1.53 bits per heavy atom. The molecular formula is C13H18N2O2. The summed E-state index contributed by atoms with van der Waals surface area (Å²) in [5, 5.41) is 2.84. The lowest BCUT2D eigenvalue weighted by atomic mass is 10.2. The van der Waals surface area contributed by atoms with Gasteiger partial charge in [0.15, 0.2) is 6.61 Å². The van der Waals surface area contributed by atoms with Crippen molar-refractivity contribution in [2.24, 2.45) is 5.92 Å². The van der Waals surface area contributed by atoms with Crippen LogP contribution < -0.4 is 15.8 Å². The molecule has 1 aromatic carbocycles. The number of nitrogens with two attached hydrogens (primary N) is 1. The fourth-order valence-electron chi connectivity index (χ4n) is 1.55. The van der Waals surface area contributed by atoms with Gasteiger partial charge >= 0.3 is 0 Å². The molecule has 1 aliphatic carbocycles. The van der Waals surface area contributed by atoms with E-state index in [0.717, 1.165) is 12.1 Å². The number of hydrogen-bond acceptors (Lipinski definition) is 3. The van der Waals surface area contributed by atoms with Gasteiger partial charge in [0.1, 0.15) is 5.75 Å². The van der Waals surface area contributed by atoms with Crippen LogP contribution in [0.3, 0.4) is 0 Å². The first kappa shape index (κ1) is 11.8. The van der Waals surface area contributed by atoms with E-state index in [2.05, 4.69) is 5.32 Å². The summed E-state index contributed by atoms with van der Waals surface area (Å²) in [4.78, 5) is 11.5. The van der Waals surface area contributed by atoms with Crippen LogP contribution in [-0.4, -0.2) is 19.1 Å². The Balaban J connectivity index is 1.79. The average Bonchev–Trinajstić information content (AvgIpc) is 3.12. The number of para-hydroxylation sites is 1. The number of nitrogen functional groups attached to an aromatic ring is 1. The molecule has 0 unspecified atom stereocenters. The summed E-state index contributed by atoms with van der Waals surface area (Å²) in [5.74, 6) is 1.17. The largest absolute Gasteiger partial charge is 0.482 e. The fraction of sp³-hybridized carbons (Fsp3) is 0.462. The van der Waals surface area contributed by atoms with Crippen LogP contribution in [-0.2, 0) is 4.79 Å². The average molecular weight is 234 g/mol. The molecule has 0 saturated heterocycles. The monoisotopic (exact) mass is 234 g/mol. The van der Waals surface area contributed by atoms with Crippen molar-refractivity contribution in [1.29, 1.82) is 0 Å². The molecular weight excluding hydrogens is 216 g/mol. The smallest absolute Gasteiger partial charge is 0.257 e.